The Balaban J connectivity index is 3.54. The average Bonchev–Trinajstić information content (AvgIpc) is 2.67. The van der Waals surface area contributed by atoms with Crippen LogP contribution in [0, 0.1) is 0 Å². The van der Waals surface area contributed by atoms with Gasteiger partial charge < -0.3 is 18.6 Å². The first-order chi connectivity index (χ1) is 12.7. The van der Waals surface area contributed by atoms with Crippen LogP contribution in [0.15, 0.2) is 29.2 Å². The Morgan fingerprint density at radius 2 is 1.67 bits per heavy atom. The van der Waals surface area contributed by atoms with Crippen LogP contribution < -0.4 is 5.32 Å². The second kappa shape index (κ2) is 10.4. The van der Waals surface area contributed by atoms with Crippen LogP contribution in [0.5, 0.6) is 0 Å². The van der Waals surface area contributed by atoms with Crippen molar-refractivity contribution in [2.24, 2.45) is 0 Å². The second-order valence-electron chi connectivity index (χ2n) is 5.63. The standard InChI is InChI=1S/C16H27ClN2O6SSi/c1-6-12-18-16(20)19(15(7-2)27(23-3,24-4)25-5)26(21,22)14-10-8-13(17)9-11-14/h8-11,15H,6-7,12H2,1-5H3,(H,18,20). The largest absolute Gasteiger partial charge is 0.525 e. The molecule has 0 radical (unpaired) electrons. The number of urea groups is 1. The van der Waals surface area contributed by atoms with Crippen LogP contribution >= 0.6 is 11.6 Å². The van der Waals surface area contributed by atoms with Crippen molar-refractivity contribution in [3.05, 3.63) is 29.3 Å². The zero-order valence-electron chi connectivity index (χ0n) is 16.2. The highest BCUT2D eigenvalue weighted by Gasteiger charge is 2.54. The number of nitrogens with zero attached hydrogens (tertiary/aromatic N) is 1. The van der Waals surface area contributed by atoms with Gasteiger partial charge in [-0.3, -0.25) is 0 Å². The lowest BCUT2D eigenvalue weighted by molar-refractivity contribution is 0.0950. The minimum atomic E-state index is -4.21. The lowest BCUT2D eigenvalue weighted by Gasteiger charge is -2.38. The van der Waals surface area contributed by atoms with E-state index in [4.69, 9.17) is 24.9 Å². The fourth-order valence-electron chi connectivity index (χ4n) is 2.67. The fraction of sp³-hybridized carbons (Fsp3) is 0.562. The van der Waals surface area contributed by atoms with Gasteiger partial charge in [0.2, 0.25) is 0 Å². The molecule has 0 aromatic heterocycles. The van der Waals surface area contributed by atoms with Crippen molar-refractivity contribution in [2.75, 3.05) is 27.9 Å². The molecular weight excluding hydrogens is 412 g/mol. The molecule has 0 bridgehead atoms. The number of sulfonamides is 1. The average molecular weight is 439 g/mol. The highest BCUT2D eigenvalue weighted by Crippen LogP contribution is 2.28. The number of hydrogen-bond donors (Lipinski definition) is 1. The van der Waals surface area contributed by atoms with Crippen LogP contribution in [0.1, 0.15) is 26.7 Å². The lowest BCUT2D eigenvalue weighted by Crippen LogP contribution is -2.65. The highest BCUT2D eigenvalue weighted by atomic mass is 35.5. The first kappa shape index (κ1) is 23.9. The zero-order valence-corrected chi connectivity index (χ0v) is 18.8. The quantitative estimate of drug-likeness (QED) is 0.564. The summed E-state index contributed by atoms with van der Waals surface area (Å²) in [6.07, 6.45) is 0.896. The van der Waals surface area contributed by atoms with Crippen LogP contribution in [-0.2, 0) is 23.3 Å². The Morgan fingerprint density at radius 3 is 2.07 bits per heavy atom. The molecule has 27 heavy (non-hydrogen) atoms. The van der Waals surface area contributed by atoms with Crippen LogP contribution in [0.25, 0.3) is 0 Å². The van der Waals surface area contributed by atoms with E-state index in [2.05, 4.69) is 5.32 Å². The van der Waals surface area contributed by atoms with E-state index in [0.717, 1.165) is 4.31 Å². The summed E-state index contributed by atoms with van der Waals surface area (Å²) in [7, 11) is -3.60. The van der Waals surface area contributed by atoms with Crippen LogP contribution in [-0.4, -0.2) is 61.1 Å². The minimum Gasteiger partial charge on any atom is -0.376 e. The molecule has 0 saturated heterocycles. The number of rotatable bonds is 10. The smallest absolute Gasteiger partial charge is 0.376 e. The first-order valence-corrected chi connectivity index (χ1v) is 12.1. The van der Waals surface area contributed by atoms with E-state index in [1.807, 2.05) is 6.92 Å². The Morgan fingerprint density at radius 1 is 1.15 bits per heavy atom. The van der Waals surface area contributed by atoms with E-state index < -0.39 is 30.5 Å². The third kappa shape index (κ3) is 5.21. The topological polar surface area (TPSA) is 94.2 Å². The zero-order chi connectivity index (χ0) is 20.7. The number of hydrogen-bond acceptors (Lipinski definition) is 6. The molecule has 0 fully saturated rings. The molecule has 1 aromatic carbocycles. The molecule has 0 aliphatic carbocycles. The molecule has 1 N–H and O–H groups in total. The Hall–Kier alpha value is -1.17. The third-order valence-corrected chi connectivity index (χ3v) is 9.46. The molecule has 1 atom stereocenters. The van der Waals surface area contributed by atoms with E-state index in [0.29, 0.717) is 18.0 Å². The van der Waals surface area contributed by atoms with Crippen molar-refractivity contribution in [2.45, 2.75) is 37.2 Å². The van der Waals surface area contributed by atoms with Gasteiger partial charge >= 0.3 is 14.8 Å². The van der Waals surface area contributed by atoms with Gasteiger partial charge in [-0.25, -0.2) is 17.5 Å². The van der Waals surface area contributed by atoms with Gasteiger partial charge in [-0.1, -0.05) is 25.4 Å². The molecule has 0 spiro atoms. The number of nitrogens with one attached hydrogen (secondary N) is 1. The van der Waals surface area contributed by atoms with Crippen LogP contribution in [0.3, 0.4) is 0 Å². The van der Waals surface area contributed by atoms with Crippen molar-refractivity contribution in [1.29, 1.82) is 0 Å². The monoisotopic (exact) mass is 438 g/mol. The van der Waals surface area contributed by atoms with Gasteiger partial charge in [0.05, 0.1) is 4.90 Å². The van der Waals surface area contributed by atoms with Gasteiger partial charge in [-0.2, -0.15) is 0 Å². The summed E-state index contributed by atoms with van der Waals surface area (Å²) in [5.41, 5.74) is -0.949. The molecule has 1 rings (SSSR count). The second-order valence-corrected chi connectivity index (χ2v) is 11.0. The molecule has 0 heterocycles. The molecule has 0 saturated carbocycles. The van der Waals surface area contributed by atoms with Gasteiger partial charge in [0.1, 0.15) is 5.67 Å². The summed E-state index contributed by atoms with van der Waals surface area (Å²) < 4.78 is 43.8. The van der Waals surface area contributed by atoms with E-state index >= 15 is 0 Å². The maximum absolute atomic E-state index is 13.3. The van der Waals surface area contributed by atoms with Gasteiger partial charge in [0, 0.05) is 32.9 Å². The number of carbonyl (C=O) groups is 1. The Kier molecular flexibility index (Phi) is 9.19. The van der Waals surface area contributed by atoms with Gasteiger partial charge in [-0.05, 0) is 37.1 Å². The minimum absolute atomic E-state index is 0.0665. The molecule has 0 aliphatic rings. The number of carbonyl (C=O) groups excluding carboxylic acids is 1. The Labute approximate surface area is 167 Å². The SMILES string of the molecule is CCCNC(=O)N(C(CC)[Si](OC)(OC)OC)S(=O)(=O)c1ccc(Cl)cc1. The summed E-state index contributed by atoms with van der Waals surface area (Å²) in [6, 6.07) is 4.83. The van der Waals surface area contributed by atoms with Crippen LogP contribution in [0.2, 0.25) is 5.02 Å². The third-order valence-electron chi connectivity index (χ3n) is 4.03. The number of amides is 2. The van der Waals surface area contributed by atoms with Crippen molar-refractivity contribution < 1.29 is 26.5 Å². The normalized spacial score (nSPS) is 13.3. The molecule has 2 amide bonds. The van der Waals surface area contributed by atoms with Crippen molar-refractivity contribution in [1.82, 2.24) is 9.62 Å². The van der Waals surface area contributed by atoms with Crippen LogP contribution in [0.4, 0.5) is 4.79 Å². The van der Waals surface area contributed by atoms with Gasteiger partial charge in [-0.15, -0.1) is 0 Å². The van der Waals surface area contributed by atoms with Crippen molar-refractivity contribution in [3.63, 3.8) is 0 Å². The van der Waals surface area contributed by atoms with Crippen molar-refractivity contribution in [3.8, 4) is 0 Å². The molecular formula is C16H27ClN2O6SSi. The number of halogens is 1. The number of benzene rings is 1. The molecule has 1 unspecified atom stereocenters. The van der Waals surface area contributed by atoms with Gasteiger partial charge in [0.25, 0.3) is 10.0 Å². The molecule has 8 nitrogen and oxygen atoms in total. The van der Waals surface area contributed by atoms with Crippen molar-refractivity contribution >= 4 is 36.5 Å². The molecule has 154 valence electrons. The van der Waals surface area contributed by atoms with E-state index in [1.54, 1.807) is 6.92 Å². The van der Waals surface area contributed by atoms with E-state index in [1.165, 1.54) is 45.6 Å². The summed E-state index contributed by atoms with van der Waals surface area (Å²) >= 11 is 5.86. The van der Waals surface area contributed by atoms with E-state index in [9.17, 15) is 13.2 Å². The molecule has 11 heteroatoms. The summed E-state index contributed by atoms with van der Waals surface area (Å²) in [5.74, 6) is 0. The van der Waals surface area contributed by atoms with Gasteiger partial charge in [0.15, 0.2) is 0 Å². The fourth-order valence-corrected chi connectivity index (χ4v) is 7.29. The molecule has 1 aromatic rings. The molecule has 0 aliphatic heterocycles. The maximum atomic E-state index is 13.3. The lowest BCUT2D eigenvalue weighted by atomic mass is 10.4. The predicted molar refractivity (Wildman–Crippen MR) is 105 cm³/mol. The predicted octanol–water partition coefficient (Wildman–Crippen LogP) is 2.65. The summed E-state index contributed by atoms with van der Waals surface area (Å²) in [5, 5.41) is 3.00. The highest BCUT2D eigenvalue weighted by molar-refractivity contribution is 7.89. The van der Waals surface area contributed by atoms with E-state index in [-0.39, 0.29) is 11.3 Å². The summed E-state index contributed by atoms with van der Waals surface area (Å²) in [6.45, 7) is 3.93. The first-order valence-electron chi connectivity index (χ1n) is 8.47. The Bertz CT molecular complexity index is 704. The maximum Gasteiger partial charge on any atom is 0.525 e. The summed E-state index contributed by atoms with van der Waals surface area (Å²) in [4.78, 5) is 12.8.